The minimum absolute atomic E-state index is 0.702. The molecule has 0 nitrogen and oxygen atoms in total. The van der Waals surface area contributed by atoms with E-state index in [1.807, 2.05) is 0 Å². The van der Waals surface area contributed by atoms with Crippen LogP contribution in [0.2, 0.25) is 0 Å². The summed E-state index contributed by atoms with van der Waals surface area (Å²) in [4.78, 5) is 0. The highest BCUT2D eigenvalue weighted by Gasteiger charge is 2.77. The molecular weight excluding hydrogens is 108 g/mol. The van der Waals surface area contributed by atoms with Gasteiger partial charge in [0.25, 0.3) is 0 Å². The molecule has 0 N–H and O–H groups in total. The van der Waals surface area contributed by atoms with Crippen molar-refractivity contribution in [2.45, 2.75) is 20.8 Å². The maximum atomic E-state index is 4.05. The summed E-state index contributed by atoms with van der Waals surface area (Å²) in [5, 5.41) is 0. The smallest absolute Gasteiger partial charge is 0.0288 e. The van der Waals surface area contributed by atoms with Gasteiger partial charge in [-0.05, 0) is 17.3 Å². The van der Waals surface area contributed by atoms with Gasteiger partial charge >= 0.3 is 0 Å². The Bertz CT molecular complexity index is 125. The second-order valence-electron chi connectivity index (χ2n) is 4.43. The summed E-state index contributed by atoms with van der Waals surface area (Å²) >= 11 is 0. The van der Waals surface area contributed by atoms with Gasteiger partial charge in [0.05, 0.1) is 0 Å². The van der Waals surface area contributed by atoms with Crippen molar-refractivity contribution >= 4 is 0 Å². The highest BCUT2D eigenvalue weighted by molar-refractivity contribution is 5.26. The number of fused-ring (bicyclic) bond motifs is 1. The van der Waals surface area contributed by atoms with Gasteiger partial charge in [0.15, 0.2) is 0 Å². The number of hydrogen-bond donors (Lipinski definition) is 0. The normalized spacial score (nSPS) is 54.0. The molecule has 0 bridgehead atoms. The molecule has 52 valence electrons. The van der Waals surface area contributed by atoms with Gasteiger partial charge in [-0.25, -0.2) is 0 Å². The van der Waals surface area contributed by atoms with Crippen LogP contribution in [0.15, 0.2) is 0 Å². The molecule has 2 fully saturated rings. The highest BCUT2D eigenvalue weighted by atomic mass is 14.8. The summed E-state index contributed by atoms with van der Waals surface area (Å²) in [7, 11) is 0. The van der Waals surface area contributed by atoms with E-state index in [0.717, 1.165) is 23.2 Å². The Morgan fingerprint density at radius 1 is 1.33 bits per heavy atom. The number of rotatable bonds is 1. The molecule has 3 atom stereocenters. The minimum Gasteiger partial charge on any atom is -0.340 e. The maximum absolute atomic E-state index is 4.05. The first-order chi connectivity index (χ1) is 4.07. The molecule has 3 unspecified atom stereocenters. The molecule has 9 heavy (non-hydrogen) atoms. The fourth-order valence-corrected chi connectivity index (χ4v) is 2.63. The van der Waals surface area contributed by atoms with Crippen molar-refractivity contribution in [3.63, 3.8) is 0 Å². The Labute approximate surface area is 57.6 Å². The lowest BCUT2D eigenvalue weighted by molar-refractivity contribution is 0.313. The molecule has 0 spiro atoms. The fraction of sp³-hybridized carbons (Fsp3) is 0.889. The Kier molecular flexibility index (Phi) is 0.774. The topological polar surface area (TPSA) is 0 Å². The summed E-state index contributed by atoms with van der Waals surface area (Å²) < 4.78 is 0. The van der Waals surface area contributed by atoms with Gasteiger partial charge in [-0.3, -0.25) is 0 Å². The predicted octanol–water partition coefficient (Wildman–Crippen LogP) is 2.36. The van der Waals surface area contributed by atoms with E-state index < -0.39 is 0 Å². The van der Waals surface area contributed by atoms with Crippen LogP contribution in [0.25, 0.3) is 0 Å². The van der Waals surface area contributed by atoms with Crippen LogP contribution >= 0.6 is 0 Å². The predicted molar refractivity (Wildman–Crippen MR) is 38.8 cm³/mol. The molecule has 0 heteroatoms. The summed E-state index contributed by atoms with van der Waals surface area (Å²) in [6.45, 7) is 11.0. The van der Waals surface area contributed by atoms with Crippen LogP contribution in [0.1, 0.15) is 20.8 Å². The summed E-state index contributed by atoms with van der Waals surface area (Å²) in [6.07, 6.45) is 0. The zero-order chi connectivity index (χ0) is 6.81. The van der Waals surface area contributed by atoms with Crippen LogP contribution in [0.3, 0.4) is 0 Å². The van der Waals surface area contributed by atoms with Gasteiger partial charge in [0.2, 0.25) is 0 Å². The van der Waals surface area contributed by atoms with E-state index >= 15 is 0 Å². The Morgan fingerprint density at radius 3 is 1.89 bits per heavy atom. The molecule has 2 aliphatic rings. The third-order valence-corrected chi connectivity index (χ3v) is 3.34. The minimum atomic E-state index is 0.702. The highest BCUT2D eigenvalue weighted by Crippen LogP contribution is 2.82. The average Bonchev–Trinajstić information content (AvgIpc) is 2.46. The molecular formula is C9H15-. The van der Waals surface area contributed by atoms with Crippen LogP contribution in [0, 0.1) is 36.0 Å². The quantitative estimate of drug-likeness (QED) is 0.469. The van der Waals surface area contributed by atoms with Gasteiger partial charge < -0.3 is 6.92 Å². The molecule has 2 aliphatic carbocycles. The van der Waals surface area contributed by atoms with E-state index in [2.05, 4.69) is 27.7 Å². The molecule has 0 aromatic heterocycles. The van der Waals surface area contributed by atoms with Crippen LogP contribution < -0.4 is 0 Å². The van der Waals surface area contributed by atoms with Crippen molar-refractivity contribution in [3.8, 4) is 0 Å². The molecule has 0 amide bonds. The van der Waals surface area contributed by atoms with Crippen LogP contribution in [0.4, 0.5) is 0 Å². The van der Waals surface area contributed by atoms with E-state index in [1.165, 1.54) is 0 Å². The molecule has 0 saturated heterocycles. The molecule has 2 saturated carbocycles. The van der Waals surface area contributed by atoms with E-state index in [1.54, 1.807) is 0 Å². The molecule has 0 radical (unpaired) electrons. The molecule has 2 rings (SSSR count). The second-order valence-corrected chi connectivity index (χ2v) is 4.43. The molecule has 0 aliphatic heterocycles. The SMILES string of the molecule is [CH2-]C(C)C1C2C1C2(C)C. The van der Waals surface area contributed by atoms with Crippen molar-refractivity contribution in [2.24, 2.45) is 29.1 Å². The van der Waals surface area contributed by atoms with E-state index in [-0.39, 0.29) is 0 Å². The molecule has 0 aromatic rings. The Morgan fingerprint density at radius 2 is 1.78 bits per heavy atom. The van der Waals surface area contributed by atoms with E-state index in [9.17, 15) is 0 Å². The standard InChI is InChI=1S/C9H15/c1-5(2)6-7-8(6)9(7,3)4/h5-8H,1H2,2-4H3/q-1. The van der Waals surface area contributed by atoms with E-state index in [4.69, 9.17) is 0 Å². The zero-order valence-corrected chi connectivity index (χ0v) is 6.52. The Hall–Kier alpha value is 0. The first kappa shape index (κ1) is 5.76. The lowest BCUT2D eigenvalue weighted by Gasteiger charge is -2.23. The zero-order valence-electron chi connectivity index (χ0n) is 6.52. The van der Waals surface area contributed by atoms with Crippen LogP contribution in [-0.4, -0.2) is 0 Å². The summed E-state index contributed by atoms with van der Waals surface area (Å²) in [5.74, 6) is 3.82. The van der Waals surface area contributed by atoms with Crippen molar-refractivity contribution in [1.29, 1.82) is 0 Å². The van der Waals surface area contributed by atoms with Gasteiger partial charge in [-0.15, -0.1) is 0 Å². The maximum Gasteiger partial charge on any atom is -0.0288 e. The largest absolute Gasteiger partial charge is 0.340 e. The van der Waals surface area contributed by atoms with Crippen molar-refractivity contribution in [2.75, 3.05) is 0 Å². The van der Waals surface area contributed by atoms with Crippen molar-refractivity contribution in [3.05, 3.63) is 6.92 Å². The average molecular weight is 123 g/mol. The van der Waals surface area contributed by atoms with Crippen LogP contribution in [0.5, 0.6) is 0 Å². The fourth-order valence-electron chi connectivity index (χ4n) is 2.63. The van der Waals surface area contributed by atoms with Gasteiger partial charge in [-0.1, -0.05) is 26.7 Å². The second kappa shape index (κ2) is 1.21. The first-order valence-corrected chi connectivity index (χ1v) is 3.90. The summed E-state index contributed by atoms with van der Waals surface area (Å²) in [5.41, 5.74) is 0.719. The third-order valence-electron chi connectivity index (χ3n) is 3.34. The van der Waals surface area contributed by atoms with E-state index in [0.29, 0.717) is 5.92 Å². The van der Waals surface area contributed by atoms with Gasteiger partial charge in [-0.2, -0.15) is 5.92 Å². The number of hydrogen-bond acceptors (Lipinski definition) is 0. The molecule has 0 heterocycles. The van der Waals surface area contributed by atoms with Crippen molar-refractivity contribution in [1.82, 2.24) is 0 Å². The Balaban J connectivity index is 1.93. The lowest BCUT2D eigenvalue weighted by atomic mass is 9.86. The first-order valence-electron chi connectivity index (χ1n) is 3.90. The van der Waals surface area contributed by atoms with Gasteiger partial charge in [0.1, 0.15) is 0 Å². The van der Waals surface area contributed by atoms with Crippen LogP contribution in [-0.2, 0) is 0 Å². The van der Waals surface area contributed by atoms with Gasteiger partial charge in [0, 0.05) is 0 Å². The monoisotopic (exact) mass is 123 g/mol. The lowest BCUT2D eigenvalue weighted by Crippen LogP contribution is -2.13. The molecule has 0 aromatic carbocycles. The van der Waals surface area contributed by atoms with Crippen molar-refractivity contribution < 1.29 is 0 Å². The summed E-state index contributed by atoms with van der Waals surface area (Å²) in [6, 6.07) is 0. The third kappa shape index (κ3) is 0.500.